The number of aryl methyl sites for hydroxylation is 1. The first-order valence-corrected chi connectivity index (χ1v) is 8.47. The first-order valence-electron chi connectivity index (χ1n) is 6.98. The quantitative estimate of drug-likeness (QED) is 0.791. The zero-order valence-corrected chi connectivity index (χ0v) is 13.4. The number of carbonyl (C=O) groups is 1. The highest BCUT2D eigenvalue weighted by Crippen LogP contribution is 2.09. The Hall–Kier alpha value is -2.25. The monoisotopic (exact) mass is 336 g/mol. The molecule has 2 aromatic rings. The van der Waals surface area contributed by atoms with Gasteiger partial charge in [0.25, 0.3) is 5.91 Å². The van der Waals surface area contributed by atoms with Crippen LogP contribution in [0.5, 0.6) is 0 Å². The Balaban J connectivity index is 1.85. The van der Waals surface area contributed by atoms with Gasteiger partial charge in [-0.1, -0.05) is 23.8 Å². The van der Waals surface area contributed by atoms with Crippen LogP contribution in [-0.2, 0) is 10.0 Å². The number of sulfonamides is 1. The lowest BCUT2D eigenvalue weighted by Crippen LogP contribution is -2.34. The third kappa shape index (κ3) is 4.87. The Morgan fingerprint density at radius 2 is 1.78 bits per heavy atom. The van der Waals surface area contributed by atoms with Crippen LogP contribution < -0.4 is 10.0 Å². The number of carbonyl (C=O) groups excluding carboxylic acids is 1. The molecular weight excluding hydrogens is 319 g/mol. The molecule has 2 rings (SSSR count). The zero-order valence-electron chi connectivity index (χ0n) is 12.5. The third-order valence-electron chi connectivity index (χ3n) is 3.12. The van der Waals surface area contributed by atoms with E-state index in [0.29, 0.717) is 0 Å². The van der Waals surface area contributed by atoms with Gasteiger partial charge in [-0.3, -0.25) is 4.79 Å². The number of nitrogens with one attached hydrogen (secondary N) is 2. The summed E-state index contributed by atoms with van der Waals surface area (Å²) in [4.78, 5) is 11.9. The van der Waals surface area contributed by atoms with Crippen LogP contribution in [-0.4, -0.2) is 27.4 Å². The van der Waals surface area contributed by atoms with Crippen LogP contribution in [0.1, 0.15) is 15.9 Å². The second-order valence-electron chi connectivity index (χ2n) is 4.98. The van der Waals surface area contributed by atoms with Crippen molar-refractivity contribution in [2.45, 2.75) is 11.8 Å². The van der Waals surface area contributed by atoms with Crippen LogP contribution in [0.25, 0.3) is 0 Å². The van der Waals surface area contributed by atoms with Crippen molar-refractivity contribution in [2.75, 3.05) is 13.1 Å². The van der Waals surface area contributed by atoms with Crippen LogP contribution in [0.4, 0.5) is 4.39 Å². The van der Waals surface area contributed by atoms with Crippen LogP contribution in [0.2, 0.25) is 0 Å². The number of hydrogen-bond acceptors (Lipinski definition) is 3. The molecule has 7 heteroatoms. The summed E-state index contributed by atoms with van der Waals surface area (Å²) < 4.78 is 39.5. The Labute approximate surface area is 134 Å². The van der Waals surface area contributed by atoms with Crippen molar-refractivity contribution in [3.05, 3.63) is 65.5 Å². The van der Waals surface area contributed by atoms with Gasteiger partial charge in [0.2, 0.25) is 10.0 Å². The topological polar surface area (TPSA) is 75.3 Å². The molecule has 0 unspecified atom stereocenters. The lowest BCUT2D eigenvalue weighted by Gasteiger charge is -2.08. The van der Waals surface area contributed by atoms with Crippen molar-refractivity contribution >= 4 is 15.9 Å². The number of halogens is 1. The molecule has 0 aromatic heterocycles. The highest BCUT2D eigenvalue weighted by atomic mass is 32.2. The Bertz CT molecular complexity index is 789. The van der Waals surface area contributed by atoms with E-state index in [2.05, 4.69) is 10.0 Å². The second kappa shape index (κ2) is 7.34. The van der Waals surface area contributed by atoms with Gasteiger partial charge in [0.15, 0.2) is 0 Å². The summed E-state index contributed by atoms with van der Waals surface area (Å²) in [5.74, 6) is -0.961. The summed E-state index contributed by atoms with van der Waals surface area (Å²) in [6.45, 7) is 2.00. The van der Waals surface area contributed by atoms with E-state index in [0.717, 1.165) is 11.6 Å². The van der Waals surface area contributed by atoms with Crippen LogP contribution >= 0.6 is 0 Å². The molecular formula is C16H17FN2O3S. The molecule has 0 aliphatic carbocycles. The third-order valence-corrected chi connectivity index (χ3v) is 4.60. The maximum atomic E-state index is 13.0. The van der Waals surface area contributed by atoms with Gasteiger partial charge in [0.05, 0.1) is 4.90 Å². The standard InChI is InChI=1S/C16H17FN2O3S/c1-12-5-7-15(8-6-12)23(21,22)19-10-9-18-16(20)13-3-2-4-14(17)11-13/h2-8,11,19H,9-10H2,1H3,(H,18,20). The molecule has 0 aliphatic heterocycles. The largest absolute Gasteiger partial charge is 0.351 e. The number of benzene rings is 2. The molecule has 0 fully saturated rings. The van der Waals surface area contributed by atoms with E-state index in [-0.39, 0.29) is 23.5 Å². The Kier molecular flexibility index (Phi) is 5.46. The highest BCUT2D eigenvalue weighted by molar-refractivity contribution is 7.89. The first kappa shape index (κ1) is 17.1. The fourth-order valence-corrected chi connectivity index (χ4v) is 2.93. The van der Waals surface area contributed by atoms with E-state index in [1.165, 1.54) is 30.3 Å². The lowest BCUT2D eigenvalue weighted by atomic mass is 10.2. The molecule has 2 aromatic carbocycles. The predicted octanol–water partition coefficient (Wildman–Crippen LogP) is 1.84. The van der Waals surface area contributed by atoms with Crippen molar-refractivity contribution in [1.29, 1.82) is 0 Å². The zero-order chi connectivity index (χ0) is 16.9. The minimum Gasteiger partial charge on any atom is -0.351 e. The van der Waals surface area contributed by atoms with Crippen molar-refractivity contribution in [3.63, 3.8) is 0 Å². The molecule has 0 heterocycles. The summed E-state index contributed by atoms with van der Waals surface area (Å²) in [5.41, 5.74) is 1.15. The summed E-state index contributed by atoms with van der Waals surface area (Å²) >= 11 is 0. The molecule has 0 bridgehead atoms. The van der Waals surface area contributed by atoms with E-state index in [1.54, 1.807) is 12.1 Å². The maximum Gasteiger partial charge on any atom is 0.251 e. The normalized spacial score (nSPS) is 11.2. The van der Waals surface area contributed by atoms with Gasteiger partial charge in [-0.2, -0.15) is 0 Å². The Morgan fingerprint density at radius 3 is 2.43 bits per heavy atom. The van der Waals surface area contributed by atoms with Gasteiger partial charge < -0.3 is 5.32 Å². The molecule has 0 spiro atoms. The average molecular weight is 336 g/mol. The number of rotatable bonds is 6. The van der Waals surface area contributed by atoms with E-state index >= 15 is 0 Å². The molecule has 1 amide bonds. The minimum absolute atomic E-state index is 0.0390. The average Bonchev–Trinajstić information content (AvgIpc) is 2.52. The van der Waals surface area contributed by atoms with E-state index in [9.17, 15) is 17.6 Å². The highest BCUT2D eigenvalue weighted by Gasteiger charge is 2.13. The first-order chi connectivity index (χ1) is 10.9. The van der Waals surface area contributed by atoms with Crippen LogP contribution in [0.15, 0.2) is 53.4 Å². The van der Waals surface area contributed by atoms with E-state index in [4.69, 9.17) is 0 Å². The molecule has 0 aliphatic rings. The van der Waals surface area contributed by atoms with Gasteiger partial charge in [0.1, 0.15) is 5.82 Å². The summed E-state index contributed by atoms with van der Waals surface area (Å²) in [5, 5.41) is 2.53. The predicted molar refractivity (Wildman–Crippen MR) is 85.1 cm³/mol. The van der Waals surface area contributed by atoms with E-state index < -0.39 is 21.7 Å². The molecule has 5 nitrogen and oxygen atoms in total. The second-order valence-corrected chi connectivity index (χ2v) is 6.74. The van der Waals surface area contributed by atoms with Gasteiger partial charge in [-0.25, -0.2) is 17.5 Å². The van der Waals surface area contributed by atoms with Crippen molar-refractivity contribution in [1.82, 2.24) is 10.0 Å². The van der Waals surface area contributed by atoms with Crippen LogP contribution in [0, 0.1) is 12.7 Å². The molecule has 0 radical (unpaired) electrons. The van der Waals surface area contributed by atoms with Crippen LogP contribution in [0.3, 0.4) is 0 Å². The molecule has 0 saturated carbocycles. The van der Waals surface area contributed by atoms with E-state index in [1.807, 2.05) is 6.92 Å². The maximum absolute atomic E-state index is 13.0. The summed E-state index contributed by atoms with van der Waals surface area (Å²) in [7, 11) is -3.61. The van der Waals surface area contributed by atoms with Crippen molar-refractivity contribution in [3.8, 4) is 0 Å². The smallest absolute Gasteiger partial charge is 0.251 e. The molecule has 122 valence electrons. The van der Waals surface area contributed by atoms with Gasteiger partial charge in [0, 0.05) is 18.7 Å². The SMILES string of the molecule is Cc1ccc(S(=O)(=O)NCCNC(=O)c2cccc(F)c2)cc1. The summed E-state index contributed by atoms with van der Waals surface area (Å²) in [6.07, 6.45) is 0. The molecule has 23 heavy (non-hydrogen) atoms. The number of hydrogen-bond donors (Lipinski definition) is 2. The Morgan fingerprint density at radius 1 is 1.09 bits per heavy atom. The van der Waals surface area contributed by atoms with Gasteiger partial charge in [-0.15, -0.1) is 0 Å². The van der Waals surface area contributed by atoms with Crippen molar-refractivity contribution < 1.29 is 17.6 Å². The molecule has 0 saturated heterocycles. The number of amides is 1. The molecule has 2 N–H and O–H groups in total. The van der Waals surface area contributed by atoms with Gasteiger partial charge >= 0.3 is 0 Å². The lowest BCUT2D eigenvalue weighted by molar-refractivity contribution is 0.0954. The fraction of sp³-hybridized carbons (Fsp3) is 0.188. The minimum atomic E-state index is -3.61. The fourth-order valence-electron chi connectivity index (χ4n) is 1.89. The van der Waals surface area contributed by atoms with Crippen molar-refractivity contribution in [2.24, 2.45) is 0 Å². The summed E-state index contributed by atoms with van der Waals surface area (Å²) in [6, 6.07) is 11.7. The van der Waals surface area contributed by atoms with Gasteiger partial charge in [-0.05, 0) is 37.3 Å². The molecule has 0 atom stereocenters.